The van der Waals surface area contributed by atoms with E-state index < -0.39 is 35.6 Å². The molecule has 0 atom stereocenters. The minimum absolute atomic E-state index is 0.0155. The summed E-state index contributed by atoms with van der Waals surface area (Å²) in [6.45, 7) is -0.423. The zero-order valence-electron chi connectivity index (χ0n) is 7.72. The number of benzene rings is 1. The first-order valence-corrected chi connectivity index (χ1v) is 3.86. The topological polar surface area (TPSA) is 35.5 Å². The summed E-state index contributed by atoms with van der Waals surface area (Å²) in [5, 5.41) is 0. The summed E-state index contributed by atoms with van der Waals surface area (Å²) in [5.41, 5.74) is -0.699. The van der Waals surface area contributed by atoms with Crippen molar-refractivity contribution < 1.29 is 27.4 Å². The van der Waals surface area contributed by atoms with Crippen molar-refractivity contribution in [1.29, 1.82) is 0 Å². The zero-order chi connectivity index (χ0) is 11.4. The maximum atomic E-state index is 13.1. The highest BCUT2D eigenvalue weighted by Crippen LogP contribution is 2.25. The minimum atomic E-state index is -1.55. The molecule has 1 rings (SSSR count). The lowest BCUT2D eigenvalue weighted by atomic mass is 10.2. The van der Waals surface area contributed by atoms with Gasteiger partial charge in [-0.3, -0.25) is 4.79 Å². The molecular formula is C9H7F3O3. The van der Waals surface area contributed by atoms with Crippen molar-refractivity contribution in [3.63, 3.8) is 0 Å². The molecule has 15 heavy (non-hydrogen) atoms. The van der Waals surface area contributed by atoms with Crippen molar-refractivity contribution in [3.05, 3.63) is 29.1 Å². The lowest BCUT2D eigenvalue weighted by Gasteiger charge is -2.08. The Hall–Kier alpha value is -1.56. The van der Waals surface area contributed by atoms with Crippen LogP contribution in [0.25, 0.3) is 0 Å². The highest BCUT2D eigenvalue weighted by molar-refractivity contribution is 5.75. The molecule has 0 amide bonds. The van der Waals surface area contributed by atoms with E-state index in [0.29, 0.717) is 6.07 Å². The monoisotopic (exact) mass is 220 g/mol. The third kappa shape index (κ3) is 2.27. The first-order chi connectivity index (χ1) is 7.11. The molecule has 0 radical (unpaired) electrons. The molecule has 0 saturated carbocycles. The van der Waals surface area contributed by atoms with Crippen molar-refractivity contribution in [2.24, 2.45) is 0 Å². The summed E-state index contributed by atoms with van der Waals surface area (Å²) in [6, 6.07) is 0.552. The Kier molecular flexibility index (Phi) is 3.68. The smallest absolute Gasteiger partial charge is 0.204 e. The van der Waals surface area contributed by atoms with Crippen LogP contribution in [-0.2, 0) is 4.74 Å². The third-order valence-corrected chi connectivity index (χ3v) is 1.59. The van der Waals surface area contributed by atoms with E-state index in [9.17, 15) is 18.0 Å². The van der Waals surface area contributed by atoms with Crippen molar-refractivity contribution in [1.82, 2.24) is 0 Å². The molecule has 0 spiro atoms. The summed E-state index contributed by atoms with van der Waals surface area (Å²) < 4.78 is 48.0. The zero-order valence-corrected chi connectivity index (χ0v) is 7.72. The fraction of sp³-hybridized carbons (Fsp3) is 0.222. The molecule has 1 aromatic rings. The minimum Gasteiger partial charge on any atom is -0.461 e. The van der Waals surface area contributed by atoms with E-state index in [1.807, 2.05) is 0 Å². The predicted molar refractivity (Wildman–Crippen MR) is 44.2 cm³/mol. The van der Waals surface area contributed by atoms with Gasteiger partial charge in [0, 0.05) is 7.11 Å². The van der Waals surface area contributed by atoms with Gasteiger partial charge in [-0.05, 0) is 6.07 Å². The molecule has 0 saturated heterocycles. The van der Waals surface area contributed by atoms with Crippen LogP contribution in [0.2, 0.25) is 0 Å². The van der Waals surface area contributed by atoms with Gasteiger partial charge >= 0.3 is 0 Å². The van der Waals surface area contributed by atoms with Gasteiger partial charge in [0.2, 0.25) is 5.82 Å². The van der Waals surface area contributed by atoms with Crippen LogP contribution >= 0.6 is 0 Å². The number of ether oxygens (including phenoxy) is 2. The molecule has 0 aliphatic rings. The van der Waals surface area contributed by atoms with E-state index in [2.05, 4.69) is 9.47 Å². The van der Waals surface area contributed by atoms with Crippen LogP contribution in [0.4, 0.5) is 13.2 Å². The lowest BCUT2D eigenvalue weighted by molar-refractivity contribution is 0.0446. The van der Waals surface area contributed by atoms with E-state index in [-0.39, 0.29) is 6.29 Å². The number of carbonyl (C=O) groups excluding carboxylic acids is 1. The van der Waals surface area contributed by atoms with Crippen molar-refractivity contribution in [3.8, 4) is 5.75 Å². The van der Waals surface area contributed by atoms with Crippen LogP contribution in [0.15, 0.2) is 6.07 Å². The lowest BCUT2D eigenvalue weighted by Crippen LogP contribution is -2.06. The number of hydrogen-bond donors (Lipinski definition) is 0. The average Bonchev–Trinajstić information content (AvgIpc) is 2.23. The fourth-order valence-corrected chi connectivity index (χ4v) is 0.933. The first kappa shape index (κ1) is 11.5. The maximum absolute atomic E-state index is 13.1. The second-order valence-electron chi connectivity index (χ2n) is 2.57. The Bertz CT molecular complexity index is 379. The van der Waals surface area contributed by atoms with Crippen LogP contribution in [0.1, 0.15) is 10.4 Å². The Morgan fingerprint density at radius 2 is 2.00 bits per heavy atom. The highest BCUT2D eigenvalue weighted by Gasteiger charge is 2.19. The van der Waals surface area contributed by atoms with E-state index in [0.717, 1.165) is 0 Å². The van der Waals surface area contributed by atoms with Gasteiger partial charge in [-0.1, -0.05) is 0 Å². The molecule has 0 fully saturated rings. The molecule has 6 heteroatoms. The summed E-state index contributed by atoms with van der Waals surface area (Å²) in [7, 11) is 1.24. The number of hydrogen-bond acceptors (Lipinski definition) is 3. The molecular weight excluding hydrogens is 213 g/mol. The number of aldehydes is 1. The quantitative estimate of drug-likeness (QED) is 0.441. The number of halogens is 3. The fourth-order valence-electron chi connectivity index (χ4n) is 0.933. The Morgan fingerprint density at radius 3 is 2.53 bits per heavy atom. The maximum Gasteiger partial charge on any atom is 0.204 e. The number of carbonyl (C=O) groups is 1. The van der Waals surface area contributed by atoms with Gasteiger partial charge in [0.25, 0.3) is 0 Å². The van der Waals surface area contributed by atoms with E-state index in [4.69, 9.17) is 0 Å². The molecule has 0 aliphatic heterocycles. The SMILES string of the molecule is COCOc1c(F)cc(C=O)c(F)c1F. The standard InChI is InChI=1S/C9H7F3O3/c1-14-4-15-9-6(10)2-5(3-13)7(11)8(9)12/h2-3H,4H2,1H3. The average molecular weight is 220 g/mol. The number of methoxy groups -OCH3 is 1. The van der Waals surface area contributed by atoms with Crippen LogP contribution < -0.4 is 4.74 Å². The van der Waals surface area contributed by atoms with Crippen molar-refractivity contribution in [2.75, 3.05) is 13.9 Å². The Labute approximate surface area is 83.4 Å². The first-order valence-electron chi connectivity index (χ1n) is 3.86. The van der Waals surface area contributed by atoms with E-state index >= 15 is 0 Å². The summed E-state index contributed by atoms with van der Waals surface area (Å²) in [4.78, 5) is 10.2. The van der Waals surface area contributed by atoms with Gasteiger partial charge in [0.05, 0.1) is 5.56 Å². The molecule has 0 unspecified atom stereocenters. The summed E-state index contributed by atoms with van der Waals surface area (Å²) in [6.07, 6.45) is 0.0155. The molecule has 3 nitrogen and oxygen atoms in total. The summed E-state index contributed by atoms with van der Waals surface area (Å²) in [5.74, 6) is -5.06. The van der Waals surface area contributed by atoms with E-state index in [1.54, 1.807) is 0 Å². The Morgan fingerprint density at radius 1 is 1.33 bits per heavy atom. The second kappa shape index (κ2) is 4.79. The predicted octanol–water partition coefficient (Wildman–Crippen LogP) is 1.90. The molecule has 82 valence electrons. The van der Waals surface area contributed by atoms with Crippen molar-refractivity contribution in [2.45, 2.75) is 0 Å². The normalized spacial score (nSPS) is 10.1. The Balaban J connectivity index is 3.17. The molecule has 0 N–H and O–H groups in total. The third-order valence-electron chi connectivity index (χ3n) is 1.59. The molecule has 0 heterocycles. The van der Waals surface area contributed by atoms with Gasteiger partial charge in [-0.2, -0.15) is 4.39 Å². The van der Waals surface area contributed by atoms with Gasteiger partial charge in [-0.15, -0.1) is 0 Å². The van der Waals surface area contributed by atoms with Crippen LogP contribution in [-0.4, -0.2) is 20.2 Å². The van der Waals surface area contributed by atoms with E-state index in [1.165, 1.54) is 7.11 Å². The van der Waals surface area contributed by atoms with Gasteiger partial charge in [-0.25, -0.2) is 8.78 Å². The van der Waals surface area contributed by atoms with Gasteiger partial charge in [0.1, 0.15) is 0 Å². The molecule has 0 bridgehead atoms. The van der Waals surface area contributed by atoms with Crippen LogP contribution in [0.5, 0.6) is 5.75 Å². The summed E-state index contributed by atoms with van der Waals surface area (Å²) >= 11 is 0. The van der Waals surface area contributed by atoms with Gasteiger partial charge in [0.15, 0.2) is 30.5 Å². The van der Waals surface area contributed by atoms with Crippen LogP contribution in [0.3, 0.4) is 0 Å². The van der Waals surface area contributed by atoms with Crippen molar-refractivity contribution >= 4 is 6.29 Å². The van der Waals surface area contributed by atoms with Crippen LogP contribution in [0, 0.1) is 17.5 Å². The molecule has 0 aliphatic carbocycles. The highest BCUT2D eigenvalue weighted by atomic mass is 19.2. The molecule has 1 aromatic carbocycles. The number of rotatable bonds is 4. The second-order valence-corrected chi connectivity index (χ2v) is 2.57. The largest absolute Gasteiger partial charge is 0.461 e. The van der Waals surface area contributed by atoms with Gasteiger partial charge < -0.3 is 9.47 Å². The molecule has 0 aromatic heterocycles.